The molecule has 1 aromatic carbocycles. The Morgan fingerprint density at radius 3 is 2.00 bits per heavy atom. The number of carbonyl (C=O) groups is 2. The normalized spacial score (nSPS) is 10.9. The van der Waals surface area contributed by atoms with E-state index < -0.39 is 31.1 Å². The molecule has 0 aliphatic rings. The molecule has 1 atom stereocenters. The van der Waals surface area contributed by atoms with Gasteiger partial charge in [-0.1, -0.05) is 0 Å². The summed E-state index contributed by atoms with van der Waals surface area (Å²) in [4.78, 5) is 30.0. The molecule has 3 N–H and O–H groups in total. The zero-order valence-corrected chi connectivity index (χ0v) is 8.14. The van der Waals surface area contributed by atoms with Crippen molar-refractivity contribution in [2.75, 3.05) is 0 Å². The Balaban J connectivity index is 3.40. The van der Waals surface area contributed by atoms with Crippen LogP contribution in [0.3, 0.4) is 0 Å². The van der Waals surface area contributed by atoms with Crippen LogP contribution in [0.25, 0.3) is 0 Å². The van der Waals surface area contributed by atoms with Gasteiger partial charge in [-0.25, -0.2) is 9.59 Å². The maximum absolute atomic E-state index is 10.7. The lowest BCUT2D eigenvalue weighted by atomic mass is 10.1. The molecule has 0 saturated heterocycles. The van der Waals surface area contributed by atoms with Gasteiger partial charge in [0.1, 0.15) is 0 Å². The average Bonchev–Trinajstić information content (AvgIpc) is 2.16. The lowest BCUT2D eigenvalue weighted by Crippen LogP contribution is -2.11. The highest BCUT2D eigenvalue weighted by atomic mass is 31.1. The van der Waals surface area contributed by atoms with Gasteiger partial charge in [0, 0.05) is 6.07 Å². The van der Waals surface area contributed by atoms with Crippen molar-refractivity contribution in [2.24, 2.45) is 0 Å². The van der Waals surface area contributed by atoms with Crippen LogP contribution in [0.2, 0.25) is 0 Å². The minimum absolute atomic E-state index is 0.118. The SMILES string of the molecule is O=C(O)c1ccc([P+](=O)O)cc1C(=O)O. The molecular weight excluding hydrogens is 223 g/mol. The fraction of sp³-hybridized carbons (Fsp3) is 0. The first-order valence-electron chi connectivity index (χ1n) is 3.70. The van der Waals surface area contributed by atoms with Crippen LogP contribution in [0.5, 0.6) is 0 Å². The molecule has 0 heterocycles. The number of benzene rings is 1. The quantitative estimate of drug-likeness (QED) is 0.648. The van der Waals surface area contributed by atoms with Crippen LogP contribution >= 0.6 is 8.03 Å². The summed E-state index contributed by atoms with van der Waals surface area (Å²) in [7, 11) is -2.67. The Morgan fingerprint density at radius 1 is 1.07 bits per heavy atom. The number of hydrogen-bond donors (Lipinski definition) is 3. The highest BCUT2D eigenvalue weighted by Gasteiger charge is 2.23. The smallest absolute Gasteiger partial charge is 0.478 e. The summed E-state index contributed by atoms with van der Waals surface area (Å²) in [5, 5.41) is 17.2. The summed E-state index contributed by atoms with van der Waals surface area (Å²) >= 11 is 0. The Hall–Kier alpha value is -1.78. The van der Waals surface area contributed by atoms with E-state index in [9.17, 15) is 14.2 Å². The van der Waals surface area contributed by atoms with Gasteiger partial charge < -0.3 is 10.2 Å². The molecule has 15 heavy (non-hydrogen) atoms. The zero-order chi connectivity index (χ0) is 11.6. The molecule has 0 saturated carbocycles. The Bertz CT molecular complexity index is 452. The topological polar surface area (TPSA) is 112 Å². The van der Waals surface area contributed by atoms with E-state index in [0.29, 0.717) is 0 Å². The third-order valence-electron chi connectivity index (χ3n) is 1.68. The number of carboxylic acid groups (broad SMARTS) is 2. The number of carboxylic acids is 2. The van der Waals surface area contributed by atoms with Crippen LogP contribution in [0.4, 0.5) is 0 Å². The third kappa shape index (κ3) is 2.37. The van der Waals surface area contributed by atoms with Crippen LogP contribution in [0, 0.1) is 0 Å². The van der Waals surface area contributed by atoms with Crippen molar-refractivity contribution in [1.82, 2.24) is 0 Å². The summed E-state index contributed by atoms with van der Waals surface area (Å²) in [6.45, 7) is 0. The first-order valence-corrected chi connectivity index (χ1v) is 4.91. The van der Waals surface area contributed by atoms with Crippen LogP contribution in [-0.4, -0.2) is 27.0 Å². The van der Waals surface area contributed by atoms with Crippen LogP contribution in [0.1, 0.15) is 20.7 Å². The molecule has 0 aromatic heterocycles. The second-order valence-corrected chi connectivity index (χ2v) is 3.68. The molecule has 78 valence electrons. The Labute approximate surface area is 84.7 Å². The minimum Gasteiger partial charge on any atom is -0.478 e. The van der Waals surface area contributed by atoms with Gasteiger partial charge in [0.05, 0.1) is 11.1 Å². The first-order chi connectivity index (χ1) is 6.93. The maximum Gasteiger partial charge on any atom is 0.546 e. The molecule has 0 amide bonds. The molecule has 7 heteroatoms. The molecular formula is C8H6O6P+. The highest BCUT2D eigenvalue weighted by molar-refractivity contribution is 7.47. The van der Waals surface area contributed by atoms with Crippen LogP contribution < -0.4 is 5.30 Å². The van der Waals surface area contributed by atoms with Crippen LogP contribution in [-0.2, 0) is 4.57 Å². The number of aromatic carboxylic acids is 2. The van der Waals surface area contributed by atoms with Gasteiger partial charge >= 0.3 is 20.0 Å². The van der Waals surface area contributed by atoms with Crippen molar-refractivity contribution in [3.63, 3.8) is 0 Å². The Morgan fingerprint density at radius 2 is 1.60 bits per heavy atom. The van der Waals surface area contributed by atoms with Gasteiger partial charge in [-0.3, -0.25) is 0 Å². The molecule has 1 aromatic rings. The molecule has 0 fully saturated rings. The summed E-state index contributed by atoms with van der Waals surface area (Å²) < 4.78 is 10.7. The van der Waals surface area contributed by atoms with Gasteiger partial charge in [-0.05, 0) is 16.7 Å². The van der Waals surface area contributed by atoms with Gasteiger partial charge in [-0.15, -0.1) is 0 Å². The van der Waals surface area contributed by atoms with Gasteiger partial charge in [0.25, 0.3) is 0 Å². The molecule has 0 bridgehead atoms. The largest absolute Gasteiger partial charge is 0.546 e. The third-order valence-corrected chi connectivity index (χ3v) is 2.40. The molecule has 0 aliphatic carbocycles. The van der Waals surface area contributed by atoms with E-state index in [0.717, 1.165) is 18.2 Å². The van der Waals surface area contributed by atoms with E-state index in [2.05, 4.69) is 0 Å². The fourth-order valence-electron chi connectivity index (χ4n) is 1.01. The van der Waals surface area contributed by atoms with Crippen LogP contribution in [0.15, 0.2) is 18.2 Å². The Kier molecular flexibility index (Phi) is 3.14. The first kappa shape index (κ1) is 11.3. The summed E-state index contributed by atoms with van der Waals surface area (Å²) in [6.07, 6.45) is 0. The summed E-state index contributed by atoms with van der Waals surface area (Å²) in [5.41, 5.74) is -0.916. The summed E-state index contributed by atoms with van der Waals surface area (Å²) in [6, 6.07) is 2.98. The van der Waals surface area contributed by atoms with Crippen molar-refractivity contribution in [3.8, 4) is 0 Å². The van der Waals surface area contributed by atoms with Crippen molar-refractivity contribution < 1.29 is 29.3 Å². The molecule has 1 rings (SSSR count). The second-order valence-electron chi connectivity index (χ2n) is 2.61. The van der Waals surface area contributed by atoms with E-state index in [-0.39, 0.29) is 5.30 Å². The summed E-state index contributed by atoms with van der Waals surface area (Å²) in [5.74, 6) is -2.85. The minimum atomic E-state index is -2.67. The maximum atomic E-state index is 10.7. The average molecular weight is 229 g/mol. The standard InChI is InChI=1S/C8H5O6P/c9-7(10)5-2-1-4(15(13)14)3-6(5)8(11)12/h1-3H,(H2-,9,10,11,12,13,14)/p+1. The molecule has 6 nitrogen and oxygen atoms in total. The molecule has 0 spiro atoms. The van der Waals surface area contributed by atoms with E-state index in [1.54, 1.807) is 0 Å². The van der Waals surface area contributed by atoms with E-state index in [1.165, 1.54) is 0 Å². The van der Waals surface area contributed by atoms with Crippen molar-refractivity contribution in [2.45, 2.75) is 0 Å². The van der Waals surface area contributed by atoms with Crippen molar-refractivity contribution >= 4 is 25.3 Å². The predicted octanol–water partition coefficient (Wildman–Crippen LogP) is 0.443. The molecule has 0 aliphatic heterocycles. The monoisotopic (exact) mass is 229 g/mol. The van der Waals surface area contributed by atoms with E-state index in [4.69, 9.17) is 15.1 Å². The lowest BCUT2D eigenvalue weighted by molar-refractivity contribution is 0.0651. The van der Waals surface area contributed by atoms with E-state index >= 15 is 0 Å². The van der Waals surface area contributed by atoms with Gasteiger partial charge in [-0.2, -0.15) is 4.89 Å². The van der Waals surface area contributed by atoms with E-state index in [1.807, 2.05) is 0 Å². The molecule has 0 radical (unpaired) electrons. The highest BCUT2D eigenvalue weighted by Crippen LogP contribution is 2.16. The zero-order valence-electron chi connectivity index (χ0n) is 7.25. The second kappa shape index (κ2) is 4.16. The number of hydrogen-bond acceptors (Lipinski definition) is 3. The predicted molar refractivity (Wildman–Crippen MR) is 49.8 cm³/mol. The van der Waals surface area contributed by atoms with Crippen molar-refractivity contribution in [1.29, 1.82) is 0 Å². The lowest BCUT2D eigenvalue weighted by Gasteiger charge is -1.98. The number of rotatable bonds is 3. The fourth-order valence-corrected chi connectivity index (χ4v) is 1.46. The molecule has 1 unspecified atom stereocenters. The van der Waals surface area contributed by atoms with Crippen molar-refractivity contribution in [3.05, 3.63) is 29.3 Å². The van der Waals surface area contributed by atoms with Gasteiger partial charge in [0.15, 0.2) is 0 Å². The van der Waals surface area contributed by atoms with Gasteiger partial charge in [0.2, 0.25) is 5.30 Å².